The van der Waals surface area contributed by atoms with Crippen LogP contribution in [0.5, 0.6) is 17.2 Å². The topological polar surface area (TPSA) is 118 Å². The maximum Gasteiger partial charge on any atom is 0.308 e. The van der Waals surface area contributed by atoms with E-state index in [1.165, 1.54) is 14.0 Å². The van der Waals surface area contributed by atoms with Crippen LogP contribution < -0.4 is 14.2 Å². The fraction of sp³-hybridized carbons (Fsp3) is 0.312. The molecule has 3 N–H and O–H groups in total. The Kier molecular flexibility index (Phi) is 7.21. The molecule has 0 aliphatic rings. The first-order valence-corrected chi connectivity index (χ1v) is 9.52. The van der Waals surface area contributed by atoms with Gasteiger partial charge in [0, 0.05) is 19.0 Å². The smallest absolute Gasteiger partial charge is 0.308 e. The third-order valence-corrected chi connectivity index (χ3v) is 4.68. The zero-order valence-corrected chi connectivity index (χ0v) is 16.4. The molecule has 0 fully saturated rings. The van der Waals surface area contributed by atoms with Crippen molar-refractivity contribution in [3.8, 4) is 28.6 Å². The number of hydrogen-bond donors (Lipinski definition) is 3. The van der Waals surface area contributed by atoms with Crippen LogP contribution in [-0.4, -0.2) is 33.5 Å². The molecule has 0 saturated heterocycles. The average Bonchev–Trinajstić information content (AvgIpc) is 2.91. The Morgan fingerprint density at radius 2 is 2.19 bits per heavy atom. The van der Waals surface area contributed by atoms with Gasteiger partial charge in [-0.25, -0.2) is 8.93 Å². The lowest BCUT2D eigenvalue weighted by Crippen LogP contribution is -2.18. The standard InChI is InChI=1S/C16H18BrNO7S/c1-9(19)24-16-13(20)14(10-4-3-5-11(8-10)23-2)25-15(16)12(17)6-7-18-26(21)22/h3-5,8,12,18,20H,6-7H2,1-2H3,(H,21,22). The second kappa shape index (κ2) is 9.17. The second-order valence-electron chi connectivity index (χ2n) is 5.20. The monoisotopic (exact) mass is 447 g/mol. The maximum absolute atomic E-state index is 11.4. The minimum Gasteiger partial charge on any atom is -0.502 e. The molecule has 0 aliphatic carbocycles. The van der Waals surface area contributed by atoms with Gasteiger partial charge in [-0.1, -0.05) is 28.1 Å². The number of alkyl halides is 1. The number of carbonyl (C=O) groups excluding carboxylic acids is 1. The molecule has 0 aliphatic heterocycles. The van der Waals surface area contributed by atoms with E-state index in [1.807, 2.05) is 0 Å². The summed E-state index contributed by atoms with van der Waals surface area (Å²) in [5.41, 5.74) is 0.538. The molecule has 0 radical (unpaired) electrons. The van der Waals surface area contributed by atoms with Crippen molar-refractivity contribution in [3.63, 3.8) is 0 Å². The maximum atomic E-state index is 11.4. The Morgan fingerprint density at radius 1 is 1.46 bits per heavy atom. The summed E-state index contributed by atoms with van der Waals surface area (Å²) in [7, 11) is 1.52. The Hall–Kier alpha value is -1.88. The summed E-state index contributed by atoms with van der Waals surface area (Å²) in [6, 6.07) is 6.85. The molecular weight excluding hydrogens is 430 g/mol. The molecule has 8 nitrogen and oxygen atoms in total. The molecule has 2 atom stereocenters. The normalized spacial score (nSPS) is 13.2. The number of nitrogens with one attached hydrogen (secondary N) is 1. The van der Waals surface area contributed by atoms with Gasteiger partial charge in [0.05, 0.1) is 11.9 Å². The van der Waals surface area contributed by atoms with Crippen LogP contribution in [0.3, 0.4) is 0 Å². The molecule has 2 unspecified atom stereocenters. The van der Waals surface area contributed by atoms with Crippen LogP contribution in [0.1, 0.15) is 23.9 Å². The molecule has 0 saturated carbocycles. The highest BCUT2D eigenvalue weighted by Gasteiger charge is 2.28. The van der Waals surface area contributed by atoms with Crippen molar-refractivity contribution < 1.29 is 32.6 Å². The minimum atomic E-state index is -2.14. The number of esters is 1. The Bertz CT molecular complexity index is 808. The molecule has 1 aromatic heterocycles. The van der Waals surface area contributed by atoms with E-state index in [2.05, 4.69) is 20.7 Å². The number of hydrogen-bond acceptors (Lipinski definition) is 6. The molecule has 2 rings (SSSR count). The predicted octanol–water partition coefficient (Wildman–Crippen LogP) is 3.14. The Morgan fingerprint density at radius 3 is 2.81 bits per heavy atom. The first-order valence-electron chi connectivity index (χ1n) is 7.50. The number of benzene rings is 1. The summed E-state index contributed by atoms with van der Waals surface area (Å²) in [6.07, 6.45) is 0.338. The molecule has 0 amide bonds. The van der Waals surface area contributed by atoms with Gasteiger partial charge in [-0.3, -0.25) is 9.35 Å². The van der Waals surface area contributed by atoms with Crippen LogP contribution in [0.2, 0.25) is 0 Å². The molecular formula is C16H18BrNO7S. The minimum absolute atomic E-state index is 0.0951. The van der Waals surface area contributed by atoms with E-state index in [1.54, 1.807) is 24.3 Å². The van der Waals surface area contributed by atoms with Gasteiger partial charge in [0.2, 0.25) is 22.8 Å². The van der Waals surface area contributed by atoms with Crippen molar-refractivity contribution in [2.75, 3.05) is 13.7 Å². The van der Waals surface area contributed by atoms with Crippen LogP contribution in [0.25, 0.3) is 11.3 Å². The van der Waals surface area contributed by atoms with Crippen molar-refractivity contribution in [2.45, 2.75) is 18.2 Å². The van der Waals surface area contributed by atoms with Gasteiger partial charge in [0.15, 0.2) is 11.5 Å². The highest BCUT2D eigenvalue weighted by atomic mass is 79.9. The van der Waals surface area contributed by atoms with Gasteiger partial charge >= 0.3 is 5.97 Å². The number of halogens is 1. The van der Waals surface area contributed by atoms with E-state index >= 15 is 0 Å². The number of carbonyl (C=O) groups is 1. The molecule has 1 heterocycles. The summed E-state index contributed by atoms with van der Waals surface area (Å²) < 4.78 is 37.8. The molecule has 26 heavy (non-hydrogen) atoms. The third kappa shape index (κ3) is 5.07. The highest BCUT2D eigenvalue weighted by Crippen LogP contribution is 2.48. The molecule has 142 valence electrons. The number of aromatic hydroxyl groups is 1. The van der Waals surface area contributed by atoms with Gasteiger partial charge < -0.3 is 19.0 Å². The third-order valence-electron chi connectivity index (χ3n) is 3.35. The Labute approximate surface area is 161 Å². The quantitative estimate of drug-likeness (QED) is 0.323. The number of methoxy groups -OCH3 is 1. The van der Waals surface area contributed by atoms with E-state index < -0.39 is 22.1 Å². The van der Waals surface area contributed by atoms with Gasteiger partial charge in [0.1, 0.15) is 5.75 Å². The molecule has 10 heteroatoms. The fourth-order valence-corrected chi connectivity index (χ4v) is 3.06. The van der Waals surface area contributed by atoms with Crippen LogP contribution in [0, 0.1) is 0 Å². The van der Waals surface area contributed by atoms with Crippen LogP contribution in [0.15, 0.2) is 28.7 Å². The Balaban J connectivity index is 2.39. The molecule has 0 spiro atoms. The van der Waals surface area contributed by atoms with Crippen LogP contribution in [0.4, 0.5) is 0 Å². The molecule has 0 bridgehead atoms. The summed E-state index contributed by atoms with van der Waals surface area (Å²) in [5.74, 6) is -0.138. The zero-order valence-electron chi connectivity index (χ0n) is 14.0. The van der Waals surface area contributed by atoms with E-state index in [4.69, 9.17) is 18.4 Å². The summed E-state index contributed by atoms with van der Waals surface area (Å²) in [6.45, 7) is 1.40. The van der Waals surface area contributed by atoms with Crippen molar-refractivity contribution in [3.05, 3.63) is 30.0 Å². The lowest BCUT2D eigenvalue weighted by Gasteiger charge is -2.08. The van der Waals surface area contributed by atoms with Crippen LogP contribution >= 0.6 is 15.9 Å². The van der Waals surface area contributed by atoms with Crippen LogP contribution in [-0.2, 0) is 16.1 Å². The van der Waals surface area contributed by atoms with E-state index in [9.17, 15) is 14.1 Å². The van der Waals surface area contributed by atoms with Crippen molar-refractivity contribution in [1.82, 2.24) is 4.72 Å². The van der Waals surface area contributed by atoms with Crippen molar-refractivity contribution in [1.29, 1.82) is 0 Å². The van der Waals surface area contributed by atoms with E-state index in [-0.39, 0.29) is 29.6 Å². The predicted molar refractivity (Wildman–Crippen MR) is 98.7 cm³/mol. The summed E-state index contributed by atoms with van der Waals surface area (Å²) >= 11 is 1.25. The summed E-state index contributed by atoms with van der Waals surface area (Å²) in [4.78, 5) is 10.9. The average molecular weight is 448 g/mol. The van der Waals surface area contributed by atoms with Crippen molar-refractivity contribution >= 4 is 33.2 Å². The first kappa shape index (κ1) is 20.4. The zero-order chi connectivity index (χ0) is 19.3. The van der Waals surface area contributed by atoms with E-state index in [0.29, 0.717) is 17.7 Å². The van der Waals surface area contributed by atoms with Gasteiger partial charge in [0.25, 0.3) is 0 Å². The van der Waals surface area contributed by atoms with E-state index in [0.717, 1.165) is 0 Å². The number of rotatable bonds is 8. The van der Waals surface area contributed by atoms with Gasteiger partial charge in [-0.05, 0) is 18.6 Å². The molecule has 1 aromatic carbocycles. The fourth-order valence-electron chi connectivity index (χ4n) is 2.24. The second-order valence-corrected chi connectivity index (χ2v) is 7.09. The largest absolute Gasteiger partial charge is 0.502 e. The first-order chi connectivity index (χ1) is 12.3. The van der Waals surface area contributed by atoms with Gasteiger partial charge in [-0.2, -0.15) is 0 Å². The number of ether oxygens (including phenoxy) is 2. The van der Waals surface area contributed by atoms with Crippen molar-refractivity contribution in [2.24, 2.45) is 0 Å². The number of furan rings is 1. The SMILES string of the molecule is COc1cccc(-c2oc(C(Br)CCNS(=O)O)c(OC(C)=O)c2O)c1. The van der Waals surface area contributed by atoms with Gasteiger partial charge in [-0.15, -0.1) is 0 Å². The lowest BCUT2D eigenvalue weighted by atomic mass is 10.1. The highest BCUT2D eigenvalue weighted by molar-refractivity contribution is 9.09. The summed E-state index contributed by atoms with van der Waals surface area (Å²) in [5, 5.41) is 10.5. The lowest BCUT2D eigenvalue weighted by molar-refractivity contribution is -0.132. The molecule has 2 aromatic rings.